The number of thiophene rings is 1. The van der Waals surface area contributed by atoms with Crippen molar-refractivity contribution in [3.63, 3.8) is 0 Å². The van der Waals surface area contributed by atoms with Gasteiger partial charge in [-0.25, -0.2) is 4.79 Å². The van der Waals surface area contributed by atoms with Crippen LogP contribution in [0.1, 0.15) is 29.3 Å². The second kappa shape index (κ2) is 7.58. The minimum absolute atomic E-state index is 0.106. The highest BCUT2D eigenvalue weighted by molar-refractivity contribution is 7.08. The van der Waals surface area contributed by atoms with Crippen molar-refractivity contribution in [1.29, 1.82) is 0 Å². The van der Waals surface area contributed by atoms with Crippen LogP contribution in [0.3, 0.4) is 0 Å². The number of imide groups is 1. The van der Waals surface area contributed by atoms with Crippen LogP contribution in [0, 0.1) is 0 Å². The number of carbonyl (C=O) groups excluding carboxylic acids is 4. The highest BCUT2D eigenvalue weighted by atomic mass is 32.1. The van der Waals surface area contributed by atoms with Crippen molar-refractivity contribution >= 4 is 40.8 Å². The zero-order valence-corrected chi connectivity index (χ0v) is 15.3. The predicted octanol–water partition coefficient (Wildman–Crippen LogP) is 1.56. The molecule has 4 N–H and O–H groups in total. The van der Waals surface area contributed by atoms with Crippen LogP contribution in [0.15, 0.2) is 41.1 Å². The molecule has 1 fully saturated rings. The molecule has 27 heavy (non-hydrogen) atoms. The molecule has 8 nitrogen and oxygen atoms in total. The summed E-state index contributed by atoms with van der Waals surface area (Å²) in [5.74, 6) is -0.947. The van der Waals surface area contributed by atoms with E-state index in [-0.39, 0.29) is 24.8 Å². The normalized spacial score (nSPS) is 18.6. The number of nitrogens with one attached hydrogen (secondary N) is 4. The molecule has 1 aliphatic heterocycles. The van der Waals surface area contributed by atoms with E-state index in [0.717, 1.165) is 0 Å². The lowest BCUT2D eigenvalue weighted by Gasteiger charge is -2.21. The third kappa shape index (κ3) is 4.14. The van der Waals surface area contributed by atoms with Crippen molar-refractivity contribution in [3.05, 3.63) is 52.2 Å². The fourth-order valence-electron chi connectivity index (χ4n) is 2.66. The van der Waals surface area contributed by atoms with E-state index in [2.05, 4.69) is 21.3 Å². The van der Waals surface area contributed by atoms with Crippen molar-refractivity contribution in [2.45, 2.75) is 18.9 Å². The monoisotopic (exact) mass is 386 g/mol. The van der Waals surface area contributed by atoms with Gasteiger partial charge in [0.2, 0.25) is 5.91 Å². The summed E-state index contributed by atoms with van der Waals surface area (Å²) in [6, 6.07) is 7.85. The Bertz CT molecular complexity index is 897. The van der Waals surface area contributed by atoms with Crippen LogP contribution in [0.25, 0.3) is 0 Å². The van der Waals surface area contributed by atoms with E-state index in [1.54, 1.807) is 42.6 Å². The van der Waals surface area contributed by atoms with Gasteiger partial charge in [0.15, 0.2) is 0 Å². The average Bonchev–Trinajstić information content (AvgIpc) is 3.24. The molecule has 0 bridgehead atoms. The van der Waals surface area contributed by atoms with Gasteiger partial charge in [-0.15, -0.1) is 0 Å². The molecule has 2 heterocycles. The Balaban J connectivity index is 1.56. The number of carbonyl (C=O) groups is 4. The third-order valence-electron chi connectivity index (χ3n) is 4.19. The van der Waals surface area contributed by atoms with E-state index < -0.39 is 17.5 Å². The Morgan fingerprint density at radius 1 is 1.22 bits per heavy atom. The van der Waals surface area contributed by atoms with Crippen molar-refractivity contribution in [2.24, 2.45) is 0 Å². The molecule has 1 aliphatic rings. The number of anilines is 1. The van der Waals surface area contributed by atoms with Gasteiger partial charge in [0.1, 0.15) is 5.54 Å². The van der Waals surface area contributed by atoms with Crippen molar-refractivity contribution in [2.75, 3.05) is 11.9 Å². The molecule has 0 unspecified atom stereocenters. The molecule has 0 aliphatic carbocycles. The first kappa shape index (κ1) is 18.6. The zero-order valence-electron chi connectivity index (χ0n) is 14.5. The number of benzene rings is 1. The molecule has 5 amide bonds. The minimum atomic E-state index is -1.19. The quantitative estimate of drug-likeness (QED) is 0.564. The number of urea groups is 1. The van der Waals surface area contributed by atoms with Gasteiger partial charge in [-0.3, -0.25) is 19.7 Å². The van der Waals surface area contributed by atoms with Gasteiger partial charge in [-0.1, -0.05) is 12.1 Å². The van der Waals surface area contributed by atoms with E-state index in [0.29, 0.717) is 16.8 Å². The molecular formula is C18H18N4O4S. The summed E-state index contributed by atoms with van der Waals surface area (Å²) >= 11 is 1.43. The molecule has 3 rings (SSSR count). The zero-order chi connectivity index (χ0) is 19.4. The molecule has 1 aromatic heterocycles. The molecule has 140 valence electrons. The van der Waals surface area contributed by atoms with Crippen LogP contribution in [-0.4, -0.2) is 30.3 Å². The van der Waals surface area contributed by atoms with E-state index in [1.807, 2.05) is 5.38 Å². The number of hydrogen-bond donors (Lipinski definition) is 4. The van der Waals surface area contributed by atoms with E-state index in [9.17, 15) is 19.2 Å². The molecular weight excluding hydrogens is 368 g/mol. The SMILES string of the molecule is C[C@]1(c2cccc(NC(=O)CCNC(=O)c3ccsc3)c2)NC(=O)NC1=O. The van der Waals surface area contributed by atoms with Crippen LogP contribution in [0.5, 0.6) is 0 Å². The first-order chi connectivity index (χ1) is 12.9. The Morgan fingerprint density at radius 3 is 2.70 bits per heavy atom. The fourth-order valence-corrected chi connectivity index (χ4v) is 3.30. The molecule has 1 aromatic carbocycles. The summed E-state index contributed by atoms with van der Waals surface area (Å²) in [5.41, 5.74) is 0.427. The summed E-state index contributed by atoms with van der Waals surface area (Å²) in [5, 5.41) is 13.7. The Hall–Kier alpha value is -3.20. The maximum Gasteiger partial charge on any atom is 0.322 e. The standard InChI is InChI=1S/C18H18N4O4S/c1-18(16(25)21-17(26)22-18)12-3-2-4-13(9-12)20-14(23)5-7-19-15(24)11-6-8-27-10-11/h2-4,6,8-10H,5,7H2,1H3,(H,19,24)(H,20,23)(H2,21,22,25,26)/t18-/m1/s1. The van der Waals surface area contributed by atoms with Gasteiger partial charge < -0.3 is 16.0 Å². The largest absolute Gasteiger partial charge is 0.351 e. The highest BCUT2D eigenvalue weighted by Gasteiger charge is 2.43. The molecule has 1 atom stereocenters. The molecule has 0 spiro atoms. The molecule has 0 radical (unpaired) electrons. The van der Waals surface area contributed by atoms with Gasteiger partial charge in [0.25, 0.3) is 11.8 Å². The van der Waals surface area contributed by atoms with Crippen LogP contribution in [-0.2, 0) is 15.1 Å². The predicted molar refractivity (Wildman–Crippen MR) is 100 cm³/mol. The Labute approximate surface area is 159 Å². The average molecular weight is 386 g/mol. The van der Waals surface area contributed by atoms with E-state index in [4.69, 9.17) is 0 Å². The van der Waals surface area contributed by atoms with Crippen molar-refractivity contribution in [3.8, 4) is 0 Å². The molecule has 9 heteroatoms. The minimum Gasteiger partial charge on any atom is -0.351 e. The van der Waals surface area contributed by atoms with Crippen LogP contribution >= 0.6 is 11.3 Å². The first-order valence-electron chi connectivity index (χ1n) is 8.23. The van der Waals surface area contributed by atoms with Gasteiger partial charge in [0.05, 0.1) is 0 Å². The maximum absolute atomic E-state index is 12.1. The summed E-state index contributed by atoms with van der Waals surface area (Å²) in [7, 11) is 0. The smallest absolute Gasteiger partial charge is 0.322 e. The lowest BCUT2D eigenvalue weighted by atomic mass is 9.92. The number of amides is 5. The Morgan fingerprint density at radius 2 is 2.04 bits per heavy atom. The lowest BCUT2D eigenvalue weighted by Crippen LogP contribution is -2.40. The summed E-state index contributed by atoms with van der Waals surface area (Å²) < 4.78 is 0. The lowest BCUT2D eigenvalue weighted by molar-refractivity contribution is -0.123. The Kier molecular flexibility index (Phi) is 5.22. The maximum atomic E-state index is 12.1. The van der Waals surface area contributed by atoms with Crippen LogP contribution in [0.4, 0.5) is 10.5 Å². The molecule has 2 aromatic rings. The molecule has 0 saturated carbocycles. The summed E-state index contributed by atoms with van der Waals surface area (Å²) in [6.45, 7) is 1.80. The van der Waals surface area contributed by atoms with Gasteiger partial charge in [-0.05, 0) is 36.1 Å². The first-order valence-corrected chi connectivity index (χ1v) is 9.17. The van der Waals surface area contributed by atoms with Gasteiger partial charge in [0, 0.05) is 29.6 Å². The van der Waals surface area contributed by atoms with E-state index in [1.165, 1.54) is 11.3 Å². The number of hydrogen-bond acceptors (Lipinski definition) is 5. The third-order valence-corrected chi connectivity index (χ3v) is 4.87. The van der Waals surface area contributed by atoms with Crippen LogP contribution < -0.4 is 21.3 Å². The summed E-state index contributed by atoms with van der Waals surface area (Å²) in [6.07, 6.45) is 0.106. The van der Waals surface area contributed by atoms with Crippen molar-refractivity contribution < 1.29 is 19.2 Å². The molecule has 1 saturated heterocycles. The van der Waals surface area contributed by atoms with Crippen LogP contribution in [0.2, 0.25) is 0 Å². The summed E-state index contributed by atoms with van der Waals surface area (Å²) in [4.78, 5) is 47.4. The van der Waals surface area contributed by atoms with Gasteiger partial charge in [-0.2, -0.15) is 11.3 Å². The van der Waals surface area contributed by atoms with Crippen molar-refractivity contribution in [1.82, 2.24) is 16.0 Å². The number of rotatable bonds is 6. The topological polar surface area (TPSA) is 116 Å². The van der Waals surface area contributed by atoms with E-state index >= 15 is 0 Å². The van der Waals surface area contributed by atoms with Gasteiger partial charge >= 0.3 is 6.03 Å². The highest BCUT2D eigenvalue weighted by Crippen LogP contribution is 2.26. The second-order valence-corrected chi connectivity index (χ2v) is 6.96. The second-order valence-electron chi connectivity index (χ2n) is 6.18. The fraction of sp³-hybridized carbons (Fsp3) is 0.222.